The number of hydrogen-bond acceptors (Lipinski definition) is 4. The van der Waals surface area contributed by atoms with Crippen molar-refractivity contribution in [1.29, 1.82) is 0 Å². The van der Waals surface area contributed by atoms with Gasteiger partial charge in [-0.25, -0.2) is 0 Å². The standard InChI is InChI=1S/C10H11BClNO4/c12-8-1-2-9(17-5-10(14)15)7(3-8)4-13-6-11-16/h1-3,13H,4-6H2,(H,14,15). The predicted molar refractivity (Wildman–Crippen MR) is 62.7 cm³/mol. The molecule has 1 aromatic rings. The van der Waals surface area contributed by atoms with Crippen LogP contribution in [0.5, 0.6) is 5.75 Å². The first-order valence-corrected chi connectivity index (χ1v) is 5.28. The molecule has 7 heteroatoms. The van der Waals surface area contributed by atoms with Crippen LogP contribution in [-0.2, 0) is 16.0 Å². The first-order valence-electron chi connectivity index (χ1n) is 4.91. The van der Waals surface area contributed by atoms with E-state index in [4.69, 9.17) is 21.4 Å². The summed E-state index contributed by atoms with van der Waals surface area (Å²) in [6, 6.07) is 4.88. The Kier molecular flexibility index (Phi) is 5.66. The van der Waals surface area contributed by atoms with Crippen LogP contribution < -0.4 is 10.1 Å². The predicted octanol–water partition coefficient (Wildman–Crippen LogP) is 0.900. The Morgan fingerprint density at radius 1 is 1.53 bits per heavy atom. The van der Waals surface area contributed by atoms with E-state index in [0.29, 0.717) is 22.9 Å². The van der Waals surface area contributed by atoms with Gasteiger partial charge in [0.15, 0.2) is 0 Å². The molecule has 1 rings (SSSR count). The molecular formula is C10H11BClNO4. The number of benzene rings is 1. The Hall–Kier alpha value is -1.40. The summed E-state index contributed by atoms with van der Waals surface area (Å²) in [6.07, 6.45) is 0.213. The monoisotopic (exact) mass is 255 g/mol. The van der Waals surface area contributed by atoms with Gasteiger partial charge in [0.05, 0.1) is 0 Å². The van der Waals surface area contributed by atoms with Gasteiger partial charge in [-0.2, -0.15) is 0 Å². The molecule has 0 aliphatic heterocycles. The summed E-state index contributed by atoms with van der Waals surface area (Å²) in [6.45, 7) is -0.0312. The van der Waals surface area contributed by atoms with Gasteiger partial charge in [0, 0.05) is 0 Å². The Morgan fingerprint density at radius 2 is 2.29 bits per heavy atom. The van der Waals surface area contributed by atoms with E-state index in [1.54, 1.807) is 18.2 Å². The summed E-state index contributed by atoms with van der Waals surface area (Å²) in [4.78, 5) is 10.4. The van der Waals surface area contributed by atoms with Crippen LogP contribution in [-0.4, -0.2) is 31.3 Å². The second-order valence-corrected chi connectivity index (χ2v) is 3.67. The van der Waals surface area contributed by atoms with E-state index in [0.717, 1.165) is 7.15 Å². The Balaban J connectivity index is 2.72. The van der Waals surface area contributed by atoms with Crippen molar-refractivity contribution in [2.75, 3.05) is 13.1 Å². The van der Waals surface area contributed by atoms with E-state index in [1.807, 2.05) is 0 Å². The third kappa shape index (κ3) is 4.97. The fraction of sp³-hybridized carbons (Fsp3) is 0.300. The second-order valence-electron chi connectivity index (χ2n) is 3.23. The SMILES string of the molecule is O=BCNCc1cc(Cl)ccc1OCC(=O)O. The fourth-order valence-corrected chi connectivity index (χ4v) is 1.43. The van der Waals surface area contributed by atoms with Crippen LogP contribution in [0, 0.1) is 0 Å². The van der Waals surface area contributed by atoms with Gasteiger partial charge in [-0.1, -0.05) is 0 Å². The van der Waals surface area contributed by atoms with Crippen LogP contribution in [0.1, 0.15) is 5.56 Å². The molecule has 0 saturated heterocycles. The summed E-state index contributed by atoms with van der Waals surface area (Å²) in [7, 11) is 0.738. The molecule has 0 aliphatic rings. The molecule has 1 aromatic carbocycles. The molecule has 0 unspecified atom stereocenters. The van der Waals surface area contributed by atoms with Crippen molar-refractivity contribution < 1.29 is 19.3 Å². The summed E-state index contributed by atoms with van der Waals surface area (Å²) in [5, 5.41) is 11.9. The van der Waals surface area contributed by atoms with Crippen LogP contribution >= 0.6 is 11.6 Å². The molecule has 2 N–H and O–H groups in total. The number of ether oxygens (including phenoxy) is 1. The second kappa shape index (κ2) is 7.03. The van der Waals surface area contributed by atoms with Gasteiger partial charge in [-0.05, 0) is 0 Å². The normalized spacial score (nSPS) is 9.71. The van der Waals surface area contributed by atoms with Gasteiger partial charge in [0.2, 0.25) is 0 Å². The molecule has 0 spiro atoms. The van der Waals surface area contributed by atoms with Gasteiger partial charge in [-0.3, -0.25) is 0 Å². The number of carboxylic acids is 1. The van der Waals surface area contributed by atoms with E-state index in [9.17, 15) is 9.50 Å². The van der Waals surface area contributed by atoms with E-state index >= 15 is 0 Å². The van der Waals surface area contributed by atoms with Crippen molar-refractivity contribution in [3.05, 3.63) is 28.8 Å². The van der Waals surface area contributed by atoms with Crippen LogP contribution in [0.15, 0.2) is 18.2 Å². The number of carboxylic acid groups (broad SMARTS) is 1. The van der Waals surface area contributed by atoms with Gasteiger partial charge in [0.25, 0.3) is 0 Å². The zero-order valence-electron chi connectivity index (χ0n) is 8.98. The number of hydrogen-bond donors (Lipinski definition) is 2. The zero-order valence-corrected chi connectivity index (χ0v) is 9.74. The van der Waals surface area contributed by atoms with Crippen molar-refractivity contribution in [3.8, 4) is 5.75 Å². The Morgan fingerprint density at radius 3 is 2.94 bits per heavy atom. The molecule has 0 fully saturated rings. The van der Waals surface area contributed by atoms with Gasteiger partial charge in [-0.15, -0.1) is 0 Å². The molecule has 5 nitrogen and oxygen atoms in total. The number of aliphatic carboxylic acids is 1. The summed E-state index contributed by atoms with van der Waals surface area (Å²) >= 11 is 5.82. The fourth-order valence-electron chi connectivity index (χ4n) is 1.23. The molecule has 0 aromatic heterocycles. The van der Waals surface area contributed by atoms with E-state index in [2.05, 4.69) is 5.32 Å². The van der Waals surface area contributed by atoms with Crippen LogP contribution in [0.2, 0.25) is 5.02 Å². The third-order valence-electron chi connectivity index (χ3n) is 1.92. The van der Waals surface area contributed by atoms with Gasteiger partial charge < -0.3 is 0 Å². The van der Waals surface area contributed by atoms with Crippen molar-refractivity contribution in [3.63, 3.8) is 0 Å². The molecule has 0 aliphatic carbocycles. The average Bonchev–Trinajstić information content (AvgIpc) is 2.28. The van der Waals surface area contributed by atoms with Crippen LogP contribution in [0.25, 0.3) is 0 Å². The summed E-state index contributed by atoms with van der Waals surface area (Å²) in [5.41, 5.74) is 0.709. The van der Waals surface area contributed by atoms with Crippen LogP contribution in [0.3, 0.4) is 0 Å². The molecule has 0 saturated carbocycles. The molecule has 0 bridgehead atoms. The Bertz CT molecular complexity index is 413. The van der Waals surface area contributed by atoms with Crippen molar-refractivity contribution in [2.24, 2.45) is 0 Å². The quantitative estimate of drug-likeness (QED) is 0.559. The maximum atomic E-state index is 10.4. The van der Waals surface area contributed by atoms with E-state index in [-0.39, 0.29) is 6.44 Å². The molecule has 90 valence electrons. The van der Waals surface area contributed by atoms with Crippen molar-refractivity contribution in [1.82, 2.24) is 5.32 Å². The third-order valence-corrected chi connectivity index (χ3v) is 2.15. The summed E-state index contributed by atoms with van der Waals surface area (Å²) in [5.74, 6) is -0.609. The van der Waals surface area contributed by atoms with Gasteiger partial charge in [0.1, 0.15) is 0 Å². The average molecular weight is 255 g/mol. The first kappa shape index (κ1) is 13.7. The van der Waals surface area contributed by atoms with Crippen molar-refractivity contribution in [2.45, 2.75) is 6.54 Å². The zero-order chi connectivity index (χ0) is 12.7. The summed E-state index contributed by atoms with van der Waals surface area (Å²) < 4.78 is 15.3. The minimum atomic E-state index is -1.05. The number of halogens is 1. The van der Waals surface area contributed by atoms with Crippen molar-refractivity contribution >= 4 is 24.7 Å². The number of carbonyl (C=O) groups is 1. The molecule has 0 radical (unpaired) electrons. The molecule has 0 heterocycles. The van der Waals surface area contributed by atoms with E-state index < -0.39 is 12.6 Å². The molecule has 0 amide bonds. The molecule has 0 atom stereocenters. The molecule has 17 heavy (non-hydrogen) atoms. The minimum absolute atomic E-state index is 0.213. The topological polar surface area (TPSA) is 75.6 Å². The maximum absolute atomic E-state index is 10.4. The first-order chi connectivity index (χ1) is 8.13. The Labute approximate surface area is 104 Å². The number of nitrogens with one attached hydrogen (secondary N) is 1. The molecular weight excluding hydrogens is 244 g/mol. The van der Waals surface area contributed by atoms with E-state index in [1.165, 1.54) is 0 Å². The van der Waals surface area contributed by atoms with Crippen LogP contribution in [0.4, 0.5) is 0 Å². The van der Waals surface area contributed by atoms with Gasteiger partial charge >= 0.3 is 104 Å². The number of rotatable bonds is 7.